The molecule has 0 bridgehead atoms. The summed E-state index contributed by atoms with van der Waals surface area (Å²) in [4.78, 5) is 7.05. The average molecular weight is 449 g/mol. The topological polar surface area (TPSA) is 73.7 Å². The molecule has 1 heterocycles. The number of hydrogen-bond donors (Lipinski definition) is 1. The van der Waals surface area contributed by atoms with Gasteiger partial charge in [-0.1, -0.05) is 52.6 Å². The van der Waals surface area contributed by atoms with Crippen molar-refractivity contribution < 1.29 is 0 Å². The van der Waals surface area contributed by atoms with Crippen LogP contribution in [0.3, 0.4) is 0 Å². The van der Waals surface area contributed by atoms with E-state index < -0.39 is 0 Å². The van der Waals surface area contributed by atoms with E-state index in [1.165, 1.54) is 0 Å². The van der Waals surface area contributed by atoms with E-state index in [0.29, 0.717) is 26.0 Å². The Morgan fingerprint density at radius 2 is 1.85 bits per heavy atom. The Labute approximate surface area is 168 Å². The molecule has 26 heavy (non-hydrogen) atoms. The summed E-state index contributed by atoms with van der Waals surface area (Å²) < 4.78 is 0.585. The monoisotopic (exact) mass is 447 g/mol. The molecule has 130 valence electrons. The first-order valence-electron chi connectivity index (χ1n) is 7.53. The fourth-order valence-electron chi connectivity index (χ4n) is 2.57. The van der Waals surface area contributed by atoms with Gasteiger partial charge in [-0.3, -0.25) is 0 Å². The second kappa shape index (κ2) is 7.98. The molecule has 1 aromatic heterocycles. The van der Waals surface area contributed by atoms with Crippen molar-refractivity contribution >= 4 is 56.2 Å². The zero-order valence-corrected chi connectivity index (χ0v) is 16.6. The first kappa shape index (κ1) is 18.5. The maximum atomic E-state index is 8.77. The van der Waals surface area contributed by atoms with Crippen molar-refractivity contribution in [2.75, 3.05) is 5.32 Å². The Balaban J connectivity index is 2.06. The van der Waals surface area contributed by atoms with Gasteiger partial charge in [0.1, 0.15) is 4.60 Å². The minimum atomic E-state index is 0.444. The van der Waals surface area contributed by atoms with Crippen LogP contribution in [0.2, 0.25) is 10.0 Å². The van der Waals surface area contributed by atoms with Crippen LogP contribution in [0.5, 0.6) is 0 Å². The SMILES string of the molecule is Cc1c(Nc2cnc(Br)cc2N=[N+]=[N-])cccc1-c1cccc(Cl)c1Cl. The smallest absolute Gasteiger partial charge is 0.106 e. The Kier molecular flexibility index (Phi) is 5.69. The van der Waals surface area contributed by atoms with E-state index in [-0.39, 0.29) is 0 Å². The van der Waals surface area contributed by atoms with Crippen LogP contribution in [0.4, 0.5) is 17.1 Å². The molecule has 0 atom stereocenters. The highest BCUT2D eigenvalue weighted by Gasteiger charge is 2.12. The molecule has 0 fully saturated rings. The maximum absolute atomic E-state index is 8.77. The van der Waals surface area contributed by atoms with Crippen LogP contribution in [-0.2, 0) is 0 Å². The molecule has 0 spiro atoms. The predicted molar refractivity (Wildman–Crippen MR) is 111 cm³/mol. The summed E-state index contributed by atoms with van der Waals surface area (Å²) >= 11 is 15.8. The van der Waals surface area contributed by atoms with Crippen molar-refractivity contribution in [1.29, 1.82) is 0 Å². The predicted octanol–water partition coefficient (Wildman–Crippen LogP) is 7.81. The average Bonchev–Trinajstić information content (AvgIpc) is 2.62. The summed E-state index contributed by atoms with van der Waals surface area (Å²) in [6.07, 6.45) is 1.60. The van der Waals surface area contributed by atoms with Gasteiger partial charge in [-0.05, 0) is 57.7 Å². The molecular formula is C18H12BrCl2N5. The fraction of sp³-hybridized carbons (Fsp3) is 0.0556. The molecule has 1 N–H and O–H groups in total. The number of benzene rings is 2. The molecule has 0 radical (unpaired) electrons. The van der Waals surface area contributed by atoms with Crippen molar-refractivity contribution in [2.24, 2.45) is 5.11 Å². The van der Waals surface area contributed by atoms with Gasteiger partial charge in [-0.2, -0.15) is 0 Å². The number of nitrogens with one attached hydrogen (secondary N) is 1. The summed E-state index contributed by atoms with van der Waals surface area (Å²) in [6.45, 7) is 1.98. The van der Waals surface area contributed by atoms with Crippen molar-refractivity contribution in [3.8, 4) is 11.1 Å². The first-order valence-corrected chi connectivity index (χ1v) is 9.08. The normalized spacial score (nSPS) is 10.3. The molecule has 3 rings (SSSR count). The van der Waals surface area contributed by atoms with Gasteiger partial charge >= 0.3 is 0 Å². The van der Waals surface area contributed by atoms with E-state index in [0.717, 1.165) is 22.4 Å². The Morgan fingerprint density at radius 1 is 1.12 bits per heavy atom. The zero-order valence-electron chi connectivity index (χ0n) is 13.5. The van der Waals surface area contributed by atoms with E-state index >= 15 is 0 Å². The number of hydrogen-bond acceptors (Lipinski definition) is 3. The molecule has 0 saturated carbocycles. The number of aromatic nitrogens is 1. The number of rotatable bonds is 4. The molecule has 5 nitrogen and oxygen atoms in total. The Morgan fingerprint density at radius 3 is 2.62 bits per heavy atom. The van der Waals surface area contributed by atoms with E-state index in [9.17, 15) is 0 Å². The minimum absolute atomic E-state index is 0.444. The maximum Gasteiger partial charge on any atom is 0.106 e. The van der Waals surface area contributed by atoms with E-state index in [1.807, 2.05) is 37.3 Å². The Bertz CT molecular complexity index is 1030. The van der Waals surface area contributed by atoms with Crippen molar-refractivity contribution in [1.82, 2.24) is 4.98 Å². The highest BCUT2D eigenvalue weighted by Crippen LogP contribution is 2.38. The Hall–Kier alpha value is -2.24. The van der Waals surface area contributed by atoms with Gasteiger partial charge in [0.05, 0.1) is 27.6 Å². The number of anilines is 2. The molecule has 0 saturated heterocycles. The third-order valence-corrected chi connectivity index (χ3v) is 5.10. The molecule has 3 aromatic rings. The second-order valence-corrected chi connectivity index (χ2v) is 7.02. The molecule has 0 aliphatic heterocycles. The third-order valence-electron chi connectivity index (χ3n) is 3.85. The first-order chi connectivity index (χ1) is 12.5. The van der Waals surface area contributed by atoms with Gasteiger partial charge in [-0.15, -0.1) is 0 Å². The van der Waals surface area contributed by atoms with E-state index in [2.05, 4.69) is 36.3 Å². The van der Waals surface area contributed by atoms with Crippen LogP contribution >= 0.6 is 39.1 Å². The molecule has 0 aliphatic carbocycles. The number of azide groups is 1. The summed E-state index contributed by atoms with van der Waals surface area (Å²) in [7, 11) is 0. The molecule has 8 heteroatoms. The number of nitrogens with zero attached hydrogens (tertiary/aromatic N) is 4. The number of pyridine rings is 1. The van der Waals surface area contributed by atoms with Crippen LogP contribution < -0.4 is 5.32 Å². The van der Waals surface area contributed by atoms with Crippen molar-refractivity contribution in [3.63, 3.8) is 0 Å². The highest BCUT2D eigenvalue weighted by molar-refractivity contribution is 9.10. The summed E-state index contributed by atoms with van der Waals surface area (Å²) in [5.41, 5.74) is 13.4. The fourth-order valence-corrected chi connectivity index (χ4v) is 3.29. The van der Waals surface area contributed by atoms with Crippen LogP contribution in [0.1, 0.15) is 5.56 Å². The lowest BCUT2D eigenvalue weighted by Crippen LogP contribution is -1.96. The molecule has 0 aliphatic rings. The summed E-state index contributed by atoms with van der Waals surface area (Å²) in [5.74, 6) is 0. The van der Waals surface area contributed by atoms with Gasteiger partial charge in [0.25, 0.3) is 0 Å². The molecule has 2 aromatic carbocycles. The summed E-state index contributed by atoms with van der Waals surface area (Å²) in [6, 6.07) is 13.0. The lowest BCUT2D eigenvalue weighted by molar-refractivity contribution is 1.25. The lowest BCUT2D eigenvalue weighted by atomic mass is 9.99. The van der Waals surface area contributed by atoms with E-state index in [4.69, 9.17) is 28.7 Å². The zero-order chi connectivity index (χ0) is 18.7. The van der Waals surface area contributed by atoms with Crippen LogP contribution in [0.15, 0.2) is 58.4 Å². The van der Waals surface area contributed by atoms with Crippen LogP contribution in [0.25, 0.3) is 21.6 Å². The second-order valence-electron chi connectivity index (χ2n) is 5.42. The van der Waals surface area contributed by atoms with Crippen LogP contribution in [0, 0.1) is 6.92 Å². The minimum Gasteiger partial charge on any atom is -0.354 e. The largest absolute Gasteiger partial charge is 0.354 e. The highest BCUT2D eigenvalue weighted by atomic mass is 79.9. The van der Waals surface area contributed by atoms with Gasteiger partial charge < -0.3 is 5.32 Å². The lowest BCUT2D eigenvalue weighted by Gasteiger charge is -2.16. The summed E-state index contributed by atoms with van der Waals surface area (Å²) in [5, 5.41) is 8.00. The standard InChI is InChI=1S/C18H12BrCl2N5/c1-10-11(12-5-2-6-13(20)18(12)21)4-3-7-14(10)24-16-9-23-17(19)8-15(16)25-26-22/h2-9,24H,1H3. The quantitative estimate of drug-likeness (QED) is 0.191. The van der Waals surface area contributed by atoms with E-state index in [1.54, 1.807) is 18.3 Å². The molecular weight excluding hydrogens is 437 g/mol. The van der Waals surface area contributed by atoms with Gasteiger partial charge in [0.15, 0.2) is 0 Å². The third kappa shape index (κ3) is 3.79. The van der Waals surface area contributed by atoms with Crippen LogP contribution in [-0.4, -0.2) is 4.98 Å². The van der Waals surface area contributed by atoms with Gasteiger partial charge in [-0.25, -0.2) is 4.98 Å². The molecule has 0 unspecified atom stereocenters. The van der Waals surface area contributed by atoms with Gasteiger partial charge in [0.2, 0.25) is 0 Å². The number of halogens is 3. The van der Waals surface area contributed by atoms with Gasteiger partial charge in [0, 0.05) is 16.2 Å². The van der Waals surface area contributed by atoms with Crippen molar-refractivity contribution in [2.45, 2.75) is 6.92 Å². The molecule has 0 amide bonds. The van der Waals surface area contributed by atoms with Crippen molar-refractivity contribution in [3.05, 3.63) is 79.3 Å².